The zero-order chi connectivity index (χ0) is 15.6. The molecule has 0 radical (unpaired) electrons. The van der Waals surface area contributed by atoms with Crippen LogP contribution < -0.4 is 9.88 Å². The number of benzene rings is 1. The summed E-state index contributed by atoms with van der Waals surface area (Å²) in [4.78, 5) is 14.0. The van der Waals surface area contributed by atoms with E-state index in [1.807, 2.05) is 0 Å². The Morgan fingerprint density at radius 2 is 1.95 bits per heavy atom. The van der Waals surface area contributed by atoms with E-state index in [1.165, 1.54) is 18.2 Å². The molecule has 1 aliphatic heterocycles. The van der Waals surface area contributed by atoms with Crippen molar-refractivity contribution in [3.05, 3.63) is 23.8 Å². The van der Waals surface area contributed by atoms with Gasteiger partial charge in [0.15, 0.2) is 6.10 Å². The molecule has 1 unspecified atom stereocenters. The van der Waals surface area contributed by atoms with Gasteiger partial charge in [0.05, 0.1) is 4.90 Å². The van der Waals surface area contributed by atoms with Crippen LogP contribution >= 0.6 is 0 Å². The van der Waals surface area contributed by atoms with Crippen molar-refractivity contribution in [1.82, 2.24) is 4.90 Å². The molecule has 2 rings (SSSR count). The first kappa shape index (κ1) is 15.8. The van der Waals surface area contributed by atoms with Crippen molar-refractivity contribution in [1.29, 1.82) is 0 Å². The van der Waals surface area contributed by atoms with Crippen molar-refractivity contribution in [3.8, 4) is 5.75 Å². The second kappa shape index (κ2) is 6.03. The maximum atomic E-state index is 12.2. The van der Waals surface area contributed by atoms with Crippen LogP contribution in [-0.4, -0.2) is 38.4 Å². The molecule has 0 bridgehead atoms. The number of sulfonamides is 1. The molecule has 1 saturated heterocycles. The lowest BCUT2D eigenvalue weighted by atomic mass is 10.2. The van der Waals surface area contributed by atoms with Gasteiger partial charge < -0.3 is 9.64 Å². The monoisotopic (exact) mass is 312 g/mol. The van der Waals surface area contributed by atoms with Crippen molar-refractivity contribution in [2.75, 3.05) is 13.1 Å². The number of carbonyl (C=O) groups is 1. The molecule has 0 aliphatic carbocycles. The fraction of sp³-hybridized carbons (Fsp3) is 0.500. The smallest absolute Gasteiger partial charge is 0.263 e. The molecule has 0 spiro atoms. The molecule has 7 heteroatoms. The number of primary sulfonamides is 1. The predicted octanol–water partition coefficient (Wildman–Crippen LogP) is 1.03. The van der Waals surface area contributed by atoms with E-state index in [0.29, 0.717) is 11.3 Å². The van der Waals surface area contributed by atoms with Crippen LogP contribution in [-0.2, 0) is 14.8 Å². The number of likely N-dealkylation sites (tertiary alicyclic amines) is 1. The molecule has 2 N–H and O–H groups in total. The van der Waals surface area contributed by atoms with Crippen LogP contribution in [0.2, 0.25) is 0 Å². The van der Waals surface area contributed by atoms with Gasteiger partial charge in [-0.1, -0.05) is 0 Å². The van der Waals surface area contributed by atoms with E-state index < -0.39 is 16.1 Å². The molecule has 0 aromatic heterocycles. The fourth-order valence-corrected chi connectivity index (χ4v) is 2.97. The Balaban J connectivity index is 2.10. The molecule has 1 amide bonds. The third-order valence-electron chi connectivity index (χ3n) is 3.54. The number of nitrogens with two attached hydrogens (primary N) is 1. The van der Waals surface area contributed by atoms with Gasteiger partial charge >= 0.3 is 0 Å². The predicted molar refractivity (Wildman–Crippen MR) is 78.5 cm³/mol. The standard InChI is InChI=1S/C14H20N2O4S/c1-10-9-12(21(15,18)19)5-6-13(10)20-11(2)14(17)16-7-3-4-8-16/h5-6,9,11H,3-4,7-8H2,1-2H3,(H2,15,18,19). The highest BCUT2D eigenvalue weighted by molar-refractivity contribution is 7.89. The first-order chi connectivity index (χ1) is 9.79. The Bertz CT molecular complexity index is 636. The summed E-state index contributed by atoms with van der Waals surface area (Å²) in [6, 6.07) is 4.35. The van der Waals surface area contributed by atoms with Crippen LogP contribution in [0.4, 0.5) is 0 Å². The average molecular weight is 312 g/mol. The molecule has 1 fully saturated rings. The van der Waals surface area contributed by atoms with Crippen LogP contribution in [0, 0.1) is 6.92 Å². The zero-order valence-electron chi connectivity index (χ0n) is 12.2. The Hall–Kier alpha value is -1.60. The number of hydrogen-bond acceptors (Lipinski definition) is 4. The molecular weight excluding hydrogens is 292 g/mol. The van der Waals surface area contributed by atoms with Crippen molar-refractivity contribution < 1.29 is 17.9 Å². The largest absolute Gasteiger partial charge is 0.481 e. The third-order valence-corrected chi connectivity index (χ3v) is 4.46. The molecule has 1 atom stereocenters. The summed E-state index contributed by atoms with van der Waals surface area (Å²) >= 11 is 0. The lowest BCUT2D eigenvalue weighted by Gasteiger charge is -2.22. The SMILES string of the molecule is Cc1cc(S(N)(=O)=O)ccc1OC(C)C(=O)N1CCCC1. The first-order valence-electron chi connectivity index (χ1n) is 6.88. The van der Waals surface area contributed by atoms with E-state index in [-0.39, 0.29) is 10.8 Å². The van der Waals surface area contributed by atoms with E-state index >= 15 is 0 Å². The number of hydrogen-bond donors (Lipinski definition) is 1. The summed E-state index contributed by atoms with van der Waals surface area (Å²) in [5.74, 6) is 0.449. The molecule has 6 nitrogen and oxygen atoms in total. The van der Waals surface area contributed by atoms with Gasteiger partial charge in [0.2, 0.25) is 10.0 Å². The minimum Gasteiger partial charge on any atom is -0.481 e. The highest BCUT2D eigenvalue weighted by Crippen LogP contribution is 2.23. The van der Waals surface area contributed by atoms with Gasteiger partial charge in [-0.3, -0.25) is 4.79 Å². The normalized spacial score (nSPS) is 16.8. The van der Waals surface area contributed by atoms with Gasteiger partial charge in [0, 0.05) is 13.1 Å². The number of ether oxygens (including phenoxy) is 1. The average Bonchev–Trinajstić information content (AvgIpc) is 2.92. The first-order valence-corrected chi connectivity index (χ1v) is 8.42. The zero-order valence-corrected chi connectivity index (χ0v) is 13.0. The van der Waals surface area contributed by atoms with Crippen molar-refractivity contribution in [2.24, 2.45) is 5.14 Å². The fourth-order valence-electron chi connectivity index (χ4n) is 2.37. The molecule has 116 valence electrons. The van der Waals surface area contributed by atoms with Crippen molar-refractivity contribution in [3.63, 3.8) is 0 Å². The molecule has 0 saturated carbocycles. The number of aryl methyl sites for hydroxylation is 1. The van der Waals surface area contributed by atoms with Gasteiger partial charge in [0.25, 0.3) is 5.91 Å². The highest BCUT2D eigenvalue weighted by Gasteiger charge is 2.25. The summed E-state index contributed by atoms with van der Waals surface area (Å²) in [5, 5.41) is 5.08. The number of rotatable bonds is 4. The molecule has 1 aromatic carbocycles. The molecule has 21 heavy (non-hydrogen) atoms. The van der Waals surface area contributed by atoms with E-state index in [4.69, 9.17) is 9.88 Å². The summed E-state index contributed by atoms with van der Waals surface area (Å²) < 4.78 is 28.2. The second-order valence-electron chi connectivity index (χ2n) is 5.26. The lowest BCUT2D eigenvalue weighted by molar-refractivity contribution is -0.136. The van der Waals surface area contributed by atoms with Gasteiger partial charge in [-0.25, -0.2) is 13.6 Å². The van der Waals surface area contributed by atoms with Crippen LogP contribution in [0.3, 0.4) is 0 Å². The maximum absolute atomic E-state index is 12.2. The molecule has 1 aromatic rings. The van der Waals surface area contributed by atoms with E-state index in [2.05, 4.69) is 0 Å². The van der Waals surface area contributed by atoms with Gasteiger partial charge in [0.1, 0.15) is 5.75 Å². The van der Waals surface area contributed by atoms with Crippen molar-refractivity contribution >= 4 is 15.9 Å². The summed E-state index contributed by atoms with van der Waals surface area (Å²) in [5.41, 5.74) is 0.627. The summed E-state index contributed by atoms with van der Waals surface area (Å²) in [6.07, 6.45) is 1.46. The van der Waals surface area contributed by atoms with E-state index in [0.717, 1.165) is 25.9 Å². The maximum Gasteiger partial charge on any atom is 0.263 e. The topological polar surface area (TPSA) is 89.7 Å². The van der Waals surface area contributed by atoms with E-state index in [1.54, 1.807) is 18.7 Å². The molecular formula is C14H20N2O4S. The summed E-state index contributed by atoms with van der Waals surface area (Å²) in [6.45, 7) is 4.97. The van der Waals surface area contributed by atoms with Crippen LogP contribution in [0.15, 0.2) is 23.1 Å². The van der Waals surface area contributed by atoms with Gasteiger partial charge in [-0.05, 0) is 50.5 Å². The molecule has 1 heterocycles. The van der Waals surface area contributed by atoms with Crippen LogP contribution in [0.25, 0.3) is 0 Å². The Morgan fingerprint density at radius 3 is 2.48 bits per heavy atom. The molecule has 1 aliphatic rings. The minimum absolute atomic E-state index is 0.0332. The van der Waals surface area contributed by atoms with E-state index in [9.17, 15) is 13.2 Å². The van der Waals surface area contributed by atoms with Gasteiger partial charge in [-0.15, -0.1) is 0 Å². The quantitative estimate of drug-likeness (QED) is 0.899. The van der Waals surface area contributed by atoms with Gasteiger partial charge in [-0.2, -0.15) is 0 Å². The second-order valence-corrected chi connectivity index (χ2v) is 6.83. The third kappa shape index (κ3) is 3.74. The number of nitrogens with zero attached hydrogens (tertiary/aromatic N) is 1. The number of carbonyl (C=O) groups excluding carboxylic acids is 1. The summed E-state index contributed by atoms with van der Waals surface area (Å²) in [7, 11) is -3.73. The van der Waals surface area contributed by atoms with Crippen LogP contribution in [0.5, 0.6) is 5.75 Å². The minimum atomic E-state index is -3.73. The Labute approximate surface area is 124 Å². The Kier molecular flexibility index (Phi) is 4.53. The highest BCUT2D eigenvalue weighted by atomic mass is 32.2. The van der Waals surface area contributed by atoms with Crippen LogP contribution in [0.1, 0.15) is 25.3 Å². The lowest BCUT2D eigenvalue weighted by Crippen LogP contribution is -2.38. The Morgan fingerprint density at radius 1 is 1.33 bits per heavy atom. The number of amides is 1. The van der Waals surface area contributed by atoms with Crippen molar-refractivity contribution in [2.45, 2.75) is 37.7 Å².